The molecule has 18 heavy (non-hydrogen) atoms. The van der Waals surface area contributed by atoms with E-state index in [1.54, 1.807) is 6.07 Å². The SMILES string of the molecule is CC(C)(C)c1cc(N)n(-c2cc(F)ccc2F)n1. The van der Waals surface area contributed by atoms with Gasteiger partial charge in [0.05, 0.1) is 5.69 Å². The highest BCUT2D eigenvalue weighted by Crippen LogP contribution is 2.25. The molecule has 0 spiro atoms. The molecule has 0 saturated heterocycles. The van der Waals surface area contributed by atoms with Crippen LogP contribution in [0.25, 0.3) is 5.69 Å². The summed E-state index contributed by atoms with van der Waals surface area (Å²) >= 11 is 0. The molecule has 0 unspecified atom stereocenters. The lowest BCUT2D eigenvalue weighted by Gasteiger charge is -2.14. The molecule has 0 bridgehead atoms. The molecule has 0 aliphatic heterocycles. The topological polar surface area (TPSA) is 43.8 Å². The van der Waals surface area contributed by atoms with E-state index in [1.807, 2.05) is 20.8 Å². The molecule has 0 atom stereocenters. The van der Waals surface area contributed by atoms with Gasteiger partial charge in [-0.25, -0.2) is 13.5 Å². The Morgan fingerprint density at radius 2 is 1.83 bits per heavy atom. The van der Waals surface area contributed by atoms with E-state index >= 15 is 0 Å². The van der Waals surface area contributed by atoms with E-state index in [9.17, 15) is 8.78 Å². The molecule has 1 aromatic heterocycles. The van der Waals surface area contributed by atoms with Gasteiger partial charge in [0, 0.05) is 17.5 Å². The third-order valence-electron chi connectivity index (χ3n) is 2.64. The summed E-state index contributed by atoms with van der Waals surface area (Å²) in [4.78, 5) is 0. The van der Waals surface area contributed by atoms with Crippen LogP contribution >= 0.6 is 0 Å². The van der Waals surface area contributed by atoms with Crippen molar-refractivity contribution in [3.05, 3.63) is 41.6 Å². The van der Waals surface area contributed by atoms with Crippen LogP contribution in [-0.4, -0.2) is 9.78 Å². The molecule has 2 N–H and O–H groups in total. The number of hydrogen-bond acceptors (Lipinski definition) is 2. The third-order valence-corrected chi connectivity index (χ3v) is 2.64. The minimum absolute atomic E-state index is 0.0167. The zero-order valence-corrected chi connectivity index (χ0v) is 10.5. The van der Waals surface area contributed by atoms with Gasteiger partial charge in [0.2, 0.25) is 0 Å². The quantitative estimate of drug-likeness (QED) is 0.846. The van der Waals surface area contributed by atoms with Gasteiger partial charge in [-0.05, 0) is 12.1 Å². The molecule has 5 heteroatoms. The first kappa shape index (κ1) is 12.5. The number of hydrogen-bond donors (Lipinski definition) is 1. The van der Waals surface area contributed by atoms with E-state index in [1.165, 1.54) is 4.68 Å². The lowest BCUT2D eigenvalue weighted by Crippen LogP contribution is -2.13. The van der Waals surface area contributed by atoms with Gasteiger partial charge < -0.3 is 5.73 Å². The van der Waals surface area contributed by atoms with Gasteiger partial charge in [-0.15, -0.1) is 0 Å². The maximum absolute atomic E-state index is 13.7. The molecule has 0 aliphatic carbocycles. The van der Waals surface area contributed by atoms with Gasteiger partial charge in [0.15, 0.2) is 0 Å². The van der Waals surface area contributed by atoms with Gasteiger partial charge in [-0.3, -0.25) is 0 Å². The Hall–Kier alpha value is -1.91. The fraction of sp³-hybridized carbons (Fsp3) is 0.308. The van der Waals surface area contributed by atoms with Gasteiger partial charge in [-0.1, -0.05) is 20.8 Å². The first-order chi connectivity index (χ1) is 8.29. The summed E-state index contributed by atoms with van der Waals surface area (Å²) in [5, 5.41) is 4.24. The highest BCUT2D eigenvalue weighted by Gasteiger charge is 2.20. The smallest absolute Gasteiger partial charge is 0.149 e. The highest BCUT2D eigenvalue weighted by molar-refractivity contribution is 5.44. The second kappa shape index (κ2) is 4.08. The Balaban J connectivity index is 2.58. The largest absolute Gasteiger partial charge is 0.384 e. The second-order valence-corrected chi connectivity index (χ2v) is 5.21. The predicted molar refractivity (Wildman–Crippen MR) is 66.6 cm³/mol. The minimum atomic E-state index is -0.563. The fourth-order valence-corrected chi connectivity index (χ4v) is 1.60. The van der Waals surface area contributed by atoms with Crippen molar-refractivity contribution in [1.82, 2.24) is 9.78 Å². The van der Waals surface area contributed by atoms with Crippen LogP contribution in [0.3, 0.4) is 0 Å². The summed E-state index contributed by atoms with van der Waals surface area (Å²) in [7, 11) is 0. The summed E-state index contributed by atoms with van der Waals surface area (Å²) in [6.07, 6.45) is 0. The number of nitrogen functional groups attached to an aromatic ring is 1. The number of benzene rings is 1. The molecular formula is C13H15F2N3. The average Bonchev–Trinajstić information content (AvgIpc) is 2.64. The van der Waals surface area contributed by atoms with Crippen LogP contribution in [0, 0.1) is 11.6 Å². The van der Waals surface area contributed by atoms with Gasteiger partial charge >= 0.3 is 0 Å². The predicted octanol–water partition coefficient (Wildman–Crippen LogP) is 3.03. The zero-order valence-electron chi connectivity index (χ0n) is 10.5. The molecule has 0 radical (unpaired) electrons. The van der Waals surface area contributed by atoms with Crippen molar-refractivity contribution in [1.29, 1.82) is 0 Å². The van der Waals surface area contributed by atoms with Crippen LogP contribution in [-0.2, 0) is 5.41 Å². The Morgan fingerprint density at radius 1 is 1.17 bits per heavy atom. The molecular weight excluding hydrogens is 236 g/mol. The first-order valence-corrected chi connectivity index (χ1v) is 5.60. The highest BCUT2D eigenvalue weighted by atomic mass is 19.1. The Bertz CT molecular complexity index is 582. The normalized spacial score (nSPS) is 11.8. The summed E-state index contributed by atoms with van der Waals surface area (Å²) in [5.41, 5.74) is 6.34. The van der Waals surface area contributed by atoms with Crippen molar-refractivity contribution in [3.63, 3.8) is 0 Å². The summed E-state index contributed by atoms with van der Waals surface area (Å²) in [6.45, 7) is 5.92. The number of nitrogens with zero attached hydrogens (tertiary/aromatic N) is 2. The van der Waals surface area contributed by atoms with Crippen LogP contribution < -0.4 is 5.73 Å². The number of aromatic nitrogens is 2. The van der Waals surface area contributed by atoms with E-state index in [2.05, 4.69) is 5.10 Å². The Labute approximate surface area is 104 Å². The van der Waals surface area contributed by atoms with Crippen molar-refractivity contribution in [2.45, 2.75) is 26.2 Å². The van der Waals surface area contributed by atoms with Crippen LogP contribution in [0.4, 0.5) is 14.6 Å². The number of rotatable bonds is 1. The molecule has 1 aromatic carbocycles. The van der Waals surface area contributed by atoms with Gasteiger partial charge in [-0.2, -0.15) is 5.10 Å². The number of nitrogens with two attached hydrogens (primary N) is 1. The van der Waals surface area contributed by atoms with Crippen LogP contribution in [0.15, 0.2) is 24.3 Å². The van der Waals surface area contributed by atoms with E-state index in [0.717, 1.165) is 23.9 Å². The molecule has 1 heterocycles. The molecule has 3 nitrogen and oxygen atoms in total. The molecule has 0 aliphatic rings. The minimum Gasteiger partial charge on any atom is -0.384 e. The summed E-state index contributed by atoms with van der Waals surface area (Å²) in [6, 6.07) is 4.86. The van der Waals surface area contributed by atoms with Crippen molar-refractivity contribution in [2.75, 3.05) is 5.73 Å². The molecule has 0 saturated carbocycles. The van der Waals surface area contributed by atoms with Crippen LogP contribution in [0.5, 0.6) is 0 Å². The molecule has 0 fully saturated rings. The van der Waals surface area contributed by atoms with Crippen LogP contribution in [0.2, 0.25) is 0 Å². The van der Waals surface area contributed by atoms with Gasteiger partial charge in [0.1, 0.15) is 23.1 Å². The lowest BCUT2D eigenvalue weighted by molar-refractivity contribution is 0.552. The van der Waals surface area contributed by atoms with E-state index in [-0.39, 0.29) is 16.9 Å². The first-order valence-electron chi connectivity index (χ1n) is 5.60. The fourth-order valence-electron chi connectivity index (χ4n) is 1.60. The van der Waals surface area contributed by atoms with E-state index in [0.29, 0.717) is 0 Å². The number of anilines is 1. The van der Waals surface area contributed by atoms with E-state index in [4.69, 9.17) is 5.73 Å². The third kappa shape index (κ3) is 2.20. The summed E-state index contributed by atoms with van der Waals surface area (Å²) < 4.78 is 28.0. The molecule has 96 valence electrons. The molecule has 2 aromatic rings. The maximum atomic E-state index is 13.7. The molecule has 2 rings (SSSR count). The van der Waals surface area contributed by atoms with Crippen LogP contribution in [0.1, 0.15) is 26.5 Å². The molecule has 0 amide bonds. The second-order valence-electron chi connectivity index (χ2n) is 5.21. The zero-order chi connectivity index (χ0) is 13.5. The maximum Gasteiger partial charge on any atom is 0.149 e. The van der Waals surface area contributed by atoms with Crippen molar-refractivity contribution >= 4 is 5.82 Å². The Kier molecular flexibility index (Phi) is 2.84. The van der Waals surface area contributed by atoms with Gasteiger partial charge in [0.25, 0.3) is 0 Å². The van der Waals surface area contributed by atoms with Crippen molar-refractivity contribution in [3.8, 4) is 5.69 Å². The number of halogens is 2. The summed E-state index contributed by atoms with van der Waals surface area (Å²) in [5.74, 6) is -0.810. The average molecular weight is 251 g/mol. The lowest BCUT2D eigenvalue weighted by atomic mass is 9.92. The van der Waals surface area contributed by atoms with E-state index < -0.39 is 11.6 Å². The monoisotopic (exact) mass is 251 g/mol. The Morgan fingerprint density at radius 3 is 2.39 bits per heavy atom. The van der Waals surface area contributed by atoms with Crippen molar-refractivity contribution < 1.29 is 8.78 Å². The standard InChI is InChI=1S/C13H15F2N3/c1-13(2,3)11-7-12(16)18(17-11)10-6-8(14)4-5-9(10)15/h4-7H,16H2,1-3H3. The van der Waals surface area contributed by atoms with Crippen molar-refractivity contribution in [2.24, 2.45) is 0 Å².